The molecule has 0 radical (unpaired) electrons. The summed E-state index contributed by atoms with van der Waals surface area (Å²) >= 11 is 0. The van der Waals surface area contributed by atoms with Gasteiger partial charge < -0.3 is 10.1 Å². The Bertz CT molecular complexity index is 1100. The molecule has 4 aromatic rings. The first kappa shape index (κ1) is 16.8. The Morgan fingerprint density at radius 2 is 1.74 bits per heavy atom. The maximum atomic E-state index is 12.5. The largest absolute Gasteiger partial charge is 0.497 e. The SMILES string of the molecule is COc1ccc(C(=O)Nc2ccc3c(c2)nc(C)n3-c2ccccc2)cc1. The summed E-state index contributed by atoms with van der Waals surface area (Å²) in [7, 11) is 1.60. The van der Waals surface area contributed by atoms with E-state index in [2.05, 4.69) is 14.9 Å². The van der Waals surface area contributed by atoms with Gasteiger partial charge in [-0.3, -0.25) is 9.36 Å². The molecular weight excluding hydrogens is 338 g/mol. The van der Waals surface area contributed by atoms with Gasteiger partial charge in [0, 0.05) is 16.9 Å². The number of amides is 1. The minimum Gasteiger partial charge on any atom is -0.497 e. The summed E-state index contributed by atoms with van der Waals surface area (Å²) in [6.45, 7) is 1.97. The number of rotatable bonds is 4. The first-order valence-electron chi connectivity index (χ1n) is 8.65. The summed E-state index contributed by atoms with van der Waals surface area (Å²) in [5.41, 5.74) is 4.18. The molecule has 1 N–H and O–H groups in total. The van der Waals surface area contributed by atoms with Crippen LogP contribution in [0.1, 0.15) is 16.2 Å². The number of aryl methyl sites for hydroxylation is 1. The van der Waals surface area contributed by atoms with Crippen molar-refractivity contribution < 1.29 is 9.53 Å². The Labute approximate surface area is 157 Å². The van der Waals surface area contributed by atoms with Gasteiger partial charge in [-0.1, -0.05) is 18.2 Å². The Balaban J connectivity index is 1.63. The van der Waals surface area contributed by atoms with Crippen molar-refractivity contribution in [3.63, 3.8) is 0 Å². The molecule has 5 nitrogen and oxygen atoms in total. The van der Waals surface area contributed by atoms with E-state index in [1.807, 2.05) is 55.5 Å². The van der Waals surface area contributed by atoms with Crippen LogP contribution in [-0.2, 0) is 0 Å². The summed E-state index contributed by atoms with van der Waals surface area (Å²) in [6.07, 6.45) is 0. The summed E-state index contributed by atoms with van der Waals surface area (Å²) in [6, 6.07) is 22.9. The summed E-state index contributed by atoms with van der Waals surface area (Å²) in [4.78, 5) is 17.1. The number of hydrogen-bond acceptors (Lipinski definition) is 3. The molecule has 1 aromatic heterocycles. The highest BCUT2D eigenvalue weighted by atomic mass is 16.5. The van der Waals surface area contributed by atoms with Gasteiger partial charge in [0.2, 0.25) is 0 Å². The maximum absolute atomic E-state index is 12.5. The molecule has 0 aliphatic carbocycles. The van der Waals surface area contributed by atoms with Crippen molar-refractivity contribution >= 4 is 22.6 Å². The standard InChI is InChI=1S/C22H19N3O2/c1-15-23-20-14-17(24-22(26)16-8-11-19(27-2)12-9-16)10-13-21(20)25(15)18-6-4-3-5-7-18/h3-14H,1-2H3,(H,24,26). The molecule has 3 aromatic carbocycles. The lowest BCUT2D eigenvalue weighted by Gasteiger charge is -2.08. The van der Waals surface area contributed by atoms with Gasteiger partial charge in [-0.25, -0.2) is 4.98 Å². The minimum absolute atomic E-state index is 0.170. The molecular formula is C22H19N3O2. The Morgan fingerprint density at radius 3 is 2.44 bits per heavy atom. The average Bonchev–Trinajstić information content (AvgIpc) is 3.03. The molecule has 0 fully saturated rings. The number of hydrogen-bond donors (Lipinski definition) is 1. The number of para-hydroxylation sites is 1. The zero-order valence-electron chi connectivity index (χ0n) is 15.1. The third kappa shape index (κ3) is 3.27. The first-order valence-corrected chi connectivity index (χ1v) is 8.65. The van der Waals surface area contributed by atoms with Gasteiger partial charge in [-0.05, 0) is 61.5 Å². The number of carbonyl (C=O) groups excluding carboxylic acids is 1. The first-order chi connectivity index (χ1) is 13.2. The molecule has 0 atom stereocenters. The second-order valence-corrected chi connectivity index (χ2v) is 6.22. The van der Waals surface area contributed by atoms with E-state index in [0.717, 1.165) is 28.3 Å². The normalized spacial score (nSPS) is 10.7. The van der Waals surface area contributed by atoms with Crippen LogP contribution in [0, 0.1) is 6.92 Å². The number of nitrogens with zero attached hydrogens (tertiary/aromatic N) is 2. The van der Waals surface area contributed by atoms with E-state index in [1.54, 1.807) is 31.4 Å². The second kappa shape index (κ2) is 6.96. The molecule has 1 heterocycles. The molecule has 134 valence electrons. The van der Waals surface area contributed by atoms with Crippen LogP contribution in [-0.4, -0.2) is 22.6 Å². The van der Waals surface area contributed by atoms with Gasteiger partial charge in [-0.2, -0.15) is 0 Å². The highest BCUT2D eigenvalue weighted by Gasteiger charge is 2.11. The van der Waals surface area contributed by atoms with E-state index in [1.165, 1.54) is 0 Å². The Kier molecular flexibility index (Phi) is 4.34. The highest BCUT2D eigenvalue weighted by molar-refractivity contribution is 6.05. The van der Waals surface area contributed by atoms with Crippen LogP contribution < -0.4 is 10.1 Å². The number of ether oxygens (including phenoxy) is 1. The van der Waals surface area contributed by atoms with E-state index in [4.69, 9.17) is 4.74 Å². The zero-order valence-corrected chi connectivity index (χ0v) is 15.1. The summed E-state index contributed by atoms with van der Waals surface area (Å²) in [5.74, 6) is 1.45. The van der Waals surface area contributed by atoms with Crippen molar-refractivity contribution in [3.8, 4) is 11.4 Å². The maximum Gasteiger partial charge on any atom is 0.255 e. The van der Waals surface area contributed by atoms with Gasteiger partial charge >= 0.3 is 0 Å². The predicted octanol–water partition coefficient (Wildman–Crippen LogP) is 4.59. The van der Waals surface area contributed by atoms with Crippen LogP contribution in [0.3, 0.4) is 0 Å². The number of aromatic nitrogens is 2. The average molecular weight is 357 g/mol. The zero-order chi connectivity index (χ0) is 18.8. The molecule has 0 saturated heterocycles. The molecule has 0 aliphatic heterocycles. The quantitative estimate of drug-likeness (QED) is 0.581. The fourth-order valence-electron chi connectivity index (χ4n) is 3.13. The van der Waals surface area contributed by atoms with Gasteiger partial charge in [0.1, 0.15) is 11.6 Å². The number of benzene rings is 3. The van der Waals surface area contributed by atoms with E-state index in [0.29, 0.717) is 11.3 Å². The number of carbonyl (C=O) groups is 1. The molecule has 4 rings (SSSR count). The minimum atomic E-state index is -0.170. The van der Waals surface area contributed by atoms with Crippen molar-refractivity contribution in [2.45, 2.75) is 6.92 Å². The molecule has 1 amide bonds. The van der Waals surface area contributed by atoms with Crippen LogP contribution in [0.4, 0.5) is 5.69 Å². The molecule has 0 aliphatic rings. The molecule has 0 saturated carbocycles. The van der Waals surface area contributed by atoms with Crippen LogP contribution in [0.2, 0.25) is 0 Å². The van der Waals surface area contributed by atoms with Crippen molar-refractivity contribution in [3.05, 3.63) is 84.2 Å². The van der Waals surface area contributed by atoms with Gasteiger partial charge in [0.05, 0.1) is 18.1 Å². The number of nitrogens with one attached hydrogen (secondary N) is 1. The van der Waals surface area contributed by atoms with Crippen molar-refractivity contribution in [2.75, 3.05) is 12.4 Å². The van der Waals surface area contributed by atoms with E-state index in [-0.39, 0.29) is 5.91 Å². The van der Waals surface area contributed by atoms with Crippen molar-refractivity contribution in [2.24, 2.45) is 0 Å². The lowest BCUT2D eigenvalue weighted by atomic mass is 10.2. The number of anilines is 1. The van der Waals surface area contributed by atoms with Crippen molar-refractivity contribution in [1.82, 2.24) is 9.55 Å². The van der Waals surface area contributed by atoms with E-state index in [9.17, 15) is 4.79 Å². The molecule has 5 heteroatoms. The fraction of sp³-hybridized carbons (Fsp3) is 0.0909. The van der Waals surface area contributed by atoms with Crippen LogP contribution in [0.15, 0.2) is 72.8 Å². The Hall–Kier alpha value is -3.60. The van der Waals surface area contributed by atoms with Crippen LogP contribution in [0.5, 0.6) is 5.75 Å². The van der Waals surface area contributed by atoms with Crippen LogP contribution >= 0.6 is 0 Å². The van der Waals surface area contributed by atoms with E-state index < -0.39 is 0 Å². The lowest BCUT2D eigenvalue weighted by Crippen LogP contribution is -2.11. The third-order valence-corrected chi connectivity index (χ3v) is 4.45. The van der Waals surface area contributed by atoms with Crippen molar-refractivity contribution in [1.29, 1.82) is 0 Å². The highest BCUT2D eigenvalue weighted by Crippen LogP contribution is 2.24. The molecule has 0 bridgehead atoms. The molecule has 27 heavy (non-hydrogen) atoms. The van der Waals surface area contributed by atoms with Gasteiger partial charge in [-0.15, -0.1) is 0 Å². The fourth-order valence-corrected chi connectivity index (χ4v) is 3.13. The predicted molar refractivity (Wildman–Crippen MR) is 107 cm³/mol. The van der Waals surface area contributed by atoms with E-state index >= 15 is 0 Å². The molecule has 0 spiro atoms. The lowest BCUT2D eigenvalue weighted by molar-refractivity contribution is 0.102. The number of fused-ring (bicyclic) bond motifs is 1. The second-order valence-electron chi connectivity index (χ2n) is 6.22. The summed E-state index contributed by atoms with van der Waals surface area (Å²) < 4.78 is 7.22. The number of imidazole rings is 1. The number of methoxy groups -OCH3 is 1. The van der Waals surface area contributed by atoms with Gasteiger partial charge in [0.25, 0.3) is 5.91 Å². The monoisotopic (exact) mass is 357 g/mol. The van der Waals surface area contributed by atoms with Gasteiger partial charge in [0.15, 0.2) is 0 Å². The third-order valence-electron chi connectivity index (χ3n) is 4.45. The van der Waals surface area contributed by atoms with Crippen LogP contribution in [0.25, 0.3) is 16.7 Å². The molecule has 0 unspecified atom stereocenters. The Morgan fingerprint density at radius 1 is 1.00 bits per heavy atom. The summed E-state index contributed by atoms with van der Waals surface area (Å²) in [5, 5.41) is 2.93. The topological polar surface area (TPSA) is 56.1 Å². The smallest absolute Gasteiger partial charge is 0.255 e.